The number of amides is 1. The van der Waals surface area contributed by atoms with Gasteiger partial charge in [-0.15, -0.1) is 0 Å². The van der Waals surface area contributed by atoms with E-state index in [0.29, 0.717) is 0 Å². The number of anilines is 1. The van der Waals surface area contributed by atoms with Crippen LogP contribution in [0.1, 0.15) is 12.8 Å². The monoisotopic (exact) mass is 260 g/mol. The minimum atomic E-state index is -0.200. The number of carbonyl (C=O) groups excluding carboxylic acids is 1. The molecule has 1 amide bonds. The number of rotatable bonds is 2. The molecule has 0 saturated carbocycles. The Morgan fingerprint density at radius 2 is 2.11 bits per heavy atom. The Bertz CT molecular complexity index is 614. The highest BCUT2D eigenvalue weighted by molar-refractivity contribution is 5.86. The van der Waals surface area contributed by atoms with Crippen LogP contribution in [0.4, 0.5) is 5.82 Å². The van der Waals surface area contributed by atoms with E-state index in [2.05, 4.69) is 20.0 Å². The van der Waals surface area contributed by atoms with Gasteiger partial charge in [-0.1, -0.05) is 0 Å². The molecule has 1 fully saturated rings. The summed E-state index contributed by atoms with van der Waals surface area (Å²) in [4.78, 5) is 21.9. The lowest BCUT2D eigenvalue weighted by molar-refractivity contribution is -0.122. The van der Waals surface area contributed by atoms with Gasteiger partial charge in [0.25, 0.3) is 0 Å². The molecule has 0 radical (unpaired) electrons. The van der Waals surface area contributed by atoms with Crippen molar-refractivity contribution in [1.82, 2.24) is 19.7 Å². The van der Waals surface area contributed by atoms with Crippen LogP contribution in [0.3, 0.4) is 0 Å². The van der Waals surface area contributed by atoms with E-state index in [-0.39, 0.29) is 11.8 Å². The number of fused-ring (bicyclic) bond motifs is 1. The highest BCUT2D eigenvalue weighted by Crippen LogP contribution is 2.26. The first-order chi connectivity index (χ1) is 9.16. The average Bonchev–Trinajstić information content (AvgIpc) is 2.81. The molecule has 0 unspecified atom stereocenters. The first-order valence-electron chi connectivity index (χ1n) is 6.34. The summed E-state index contributed by atoms with van der Waals surface area (Å²) >= 11 is 0. The van der Waals surface area contributed by atoms with Crippen molar-refractivity contribution in [2.45, 2.75) is 12.8 Å². The number of aryl methyl sites for hydroxylation is 1. The molecule has 3 rings (SSSR count). The van der Waals surface area contributed by atoms with Crippen molar-refractivity contribution in [2.75, 3.05) is 18.0 Å². The molecule has 19 heavy (non-hydrogen) atoms. The SMILES string of the molecule is Cn1ncc2c(N3CCC(C(N)=O)CC3)ncnc21. The van der Waals surface area contributed by atoms with Gasteiger partial charge < -0.3 is 10.6 Å². The average molecular weight is 260 g/mol. The van der Waals surface area contributed by atoms with E-state index >= 15 is 0 Å². The third-order valence-corrected chi connectivity index (χ3v) is 3.71. The maximum Gasteiger partial charge on any atom is 0.220 e. The number of aromatic nitrogens is 4. The lowest BCUT2D eigenvalue weighted by atomic mass is 9.96. The number of nitrogens with zero attached hydrogens (tertiary/aromatic N) is 5. The van der Waals surface area contributed by atoms with Crippen molar-refractivity contribution in [2.24, 2.45) is 18.7 Å². The standard InChI is InChI=1S/C12H16N6O/c1-17-11-9(6-16-17)12(15-7-14-11)18-4-2-8(3-5-18)10(13)19/h6-8H,2-5H2,1H3,(H2,13,19). The van der Waals surface area contributed by atoms with Crippen molar-refractivity contribution in [3.63, 3.8) is 0 Å². The number of hydrogen-bond acceptors (Lipinski definition) is 5. The summed E-state index contributed by atoms with van der Waals surface area (Å²) in [7, 11) is 1.86. The molecule has 0 aliphatic carbocycles. The molecule has 0 bridgehead atoms. The molecular weight excluding hydrogens is 244 g/mol. The summed E-state index contributed by atoms with van der Waals surface area (Å²) in [6.45, 7) is 1.57. The summed E-state index contributed by atoms with van der Waals surface area (Å²) in [6.07, 6.45) is 4.90. The van der Waals surface area contributed by atoms with E-state index < -0.39 is 0 Å². The second-order valence-corrected chi connectivity index (χ2v) is 4.87. The number of hydrogen-bond donors (Lipinski definition) is 1. The minimum absolute atomic E-state index is 0.0116. The van der Waals surface area contributed by atoms with Gasteiger partial charge in [-0.3, -0.25) is 9.48 Å². The summed E-state index contributed by atoms with van der Waals surface area (Å²) in [5.41, 5.74) is 6.17. The van der Waals surface area contributed by atoms with Gasteiger partial charge in [0.1, 0.15) is 12.1 Å². The van der Waals surface area contributed by atoms with Gasteiger partial charge in [0.2, 0.25) is 5.91 Å². The fourth-order valence-electron chi connectivity index (χ4n) is 2.58. The molecule has 0 aromatic carbocycles. The quantitative estimate of drug-likeness (QED) is 0.825. The summed E-state index contributed by atoms with van der Waals surface area (Å²) in [6, 6.07) is 0. The smallest absolute Gasteiger partial charge is 0.220 e. The molecule has 1 aliphatic heterocycles. The van der Waals surface area contributed by atoms with E-state index in [0.717, 1.165) is 42.8 Å². The van der Waals surface area contributed by atoms with Crippen molar-refractivity contribution in [1.29, 1.82) is 0 Å². The predicted octanol–water partition coefficient (Wildman–Crippen LogP) is 0.0650. The Labute approximate surface area is 110 Å². The summed E-state index contributed by atoms with van der Waals surface area (Å²) in [5, 5.41) is 5.15. The number of nitrogens with two attached hydrogens (primary N) is 1. The molecule has 0 spiro atoms. The zero-order valence-electron chi connectivity index (χ0n) is 10.8. The van der Waals surface area contributed by atoms with Crippen molar-refractivity contribution in [3.8, 4) is 0 Å². The highest BCUT2D eigenvalue weighted by atomic mass is 16.1. The Balaban J connectivity index is 1.88. The van der Waals surface area contributed by atoms with Crippen LogP contribution >= 0.6 is 0 Å². The molecule has 3 heterocycles. The van der Waals surface area contributed by atoms with E-state index in [1.807, 2.05) is 7.05 Å². The van der Waals surface area contributed by atoms with E-state index in [4.69, 9.17) is 5.73 Å². The predicted molar refractivity (Wildman–Crippen MR) is 70.4 cm³/mol. The van der Waals surface area contributed by atoms with Crippen molar-refractivity contribution >= 4 is 22.8 Å². The normalized spacial score (nSPS) is 17.0. The molecule has 1 aliphatic rings. The summed E-state index contributed by atoms with van der Waals surface area (Å²) < 4.78 is 1.73. The first kappa shape index (κ1) is 11.9. The topological polar surface area (TPSA) is 89.9 Å². The molecule has 2 N–H and O–H groups in total. The number of primary amides is 1. The zero-order chi connectivity index (χ0) is 13.4. The second kappa shape index (κ2) is 4.49. The fourth-order valence-corrected chi connectivity index (χ4v) is 2.58. The van der Waals surface area contributed by atoms with E-state index in [1.165, 1.54) is 0 Å². The van der Waals surface area contributed by atoms with Crippen LogP contribution in [-0.2, 0) is 11.8 Å². The van der Waals surface area contributed by atoms with E-state index in [9.17, 15) is 4.79 Å². The van der Waals surface area contributed by atoms with Gasteiger partial charge in [0.15, 0.2) is 5.65 Å². The number of piperidine rings is 1. The molecule has 7 heteroatoms. The number of carbonyl (C=O) groups is 1. The Morgan fingerprint density at radius 1 is 1.37 bits per heavy atom. The van der Waals surface area contributed by atoms with Crippen LogP contribution in [0, 0.1) is 5.92 Å². The Kier molecular flexibility index (Phi) is 2.81. The third-order valence-electron chi connectivity index (χ3n) is 3.71. The van der Waals surface area contributed by atoms with Gasteiger partial charge in [-0.25, -0.2) is 9.97 Å². The van der Waals surface area contributed by atoms with Crippen LogP contribution in [-0.4, -0.2) is 38.7 Å². The van der Waals surface area contributed by atoms with Crippen LogP contribution in [0.5, 0.6) is 0 Å². The Hall–Kier alpha value is -2.18. The van der Waals surface area contributed by atoms with Crippen molar-refractivity contribution in [3.05, 3.63) is 12.5 Å². The van der Waals surface area contributed by atoms with Crippen LogP contribution in [0.2, 0.25) is 0 Å². The Morgan fingerprint density at radius 3 is 2.79 bits per heavy atom. The molecule has 7 nitrogen and oxygen atoms in total. The lowest BCUT2D eigenvalue weighted by Crippen LogP contribution is -2.39. The van der Waals surface area contributed by atoms with E-state index in [1.54, 1.807) is 17.2 Å². The molecule has 1 saturated heterocycles. The van der Waals surface area contributed by atoms with Gasteiger partial charge in [-0.05, 0) is 12.8 Å². The minimum Gasteiger partial charge on any atom is -0.369 e. The van der Waals surface area contributed by atoms with Gasteiger partial charge >= 0.3 is 0 Å². The van der Waals surface area contributed by atoms with Gasteiger partial charge in [0.05, 0.1) is 11.6 Å². The largest absolute Gasteiger partial charge is 0.369 e. The zero-order valence-corrected chi connectivity index (χ0v) is 10.8. The first-order valence-corrected chi connectivity index (χ1v) is 6.34. The van der Waals surface area contributed by atoms with Crippen LogP contribution < -0.4 is 10.6 Å². The lowest BCUT2D eigenvalue weighted by Gasteiger charge is -2.31. The second-order valence-electron chi connectivity index (χ2n) is 4.87. The maximum absolute atomic E-state index is 11.2. The third kappa shape index (κ3) is 2.00. The summed E-state index contributed by atoms with van der Waals surface area (Å²) in [5.74, 6) is 0.678. The van der Waals surface area contributed by atoms with Gasteiger partial charge in [-0.2, -0.15) is 5.10 Å². The molecule has 2 aromatic heterocycles. The molecule has 2 aromatic rings. The molecular formula is C12H16N6O. The van der Waals surface area contributed by atoms with Crippen LogP contribution in [0.25, 0.3) is 11.0 Å². The van der Waals surface area contributed by atoms with Crippen LogP contribution in [0.15, 0.2) is 12.5 Å². The van der Waals surface area contributed by atoms with Gasteiger partial charge in [0, 0.05) is 26.1 Å². The molecule has 100 valence electrons. The maximum atomic E-state index is 11.2. The molecule has 0 atom stereocenters. The fraction of sp³-hybridized carbons (Fsp3) is 0.500. The van der Waals surface area contributed by atoms with Crippen molar-refractivity contribution < 1.29 is 4.79 Å². The highest BCUT2D eigenvalue weighted by Gasteiger charge is 2.25.